The van der Waals surface area contributed by atoms with Gasteiger partial charge in [-0.2, -0.15) is 0 Å². The van der Waals surface area contributed by atoms with Crippen molar-refractivity contribution in [2.45, 2.75) is 6.42 Å². The second-order valence-electron chi connectivity index (χ2n) is 3.45. The molecule has 8 nitrogen and oxygen atoms in total. The van der Waals surface area contributed by atoms with Gasteiger partial charge in [-0.3, -0.25) is 10.1 Å². The van der Waals surface area contributed by atoms with E-state index < -0.39 is 4.92 Å². The van der Waals surface area contributed by atoms with Crippen molar-refractivity contribution >= 4 is 11.6 Å². The van der Waals surface area contributed by atoms with Crippen LogP contribution in [0.1, 0.15) is 11.5 Å². The van der Waals surface area contributed by atoms with Gasteiger partial charge >= 0.3 is 5.69 Å². The van der Waals surface area contributed by atoms with Crippen molar-refractivity contribution in [2.75, 3.05) is 5.73 Å². The number of hydrogen-bond donors (Lipinski definition) is 1. The summed E-state index contributed by atoms with van der Waals surface area (Å²) in [6, 6.07) is 0. The van der Waals surface area contributed by atoms with Gasteiger partial charge < -0.3 is 10.3 Å². The van der Waals surface area contributed by atoms with Crippen molar-refractivity contribution in [3.05, 3.63) is 40.2 Å². The first-order valence-corrected chi connectivity index (χ1v) is 4.80. The lowest BCUT2D eigenvalue weighted by atomic mass is 10.2. The summed E-state index contributed by atoms with van der Waals surface area (Å²) >= 11 is 0. The number of hydrogen-bond acceptors (Lipinski definition) is 6. The van der Waals surface area contributed by atoms with Crippen LogP contribution in [-0.2, 0) is 13.5 Å². The molecule has 0 unspecified atom stereocenters. The van der Waals surface area contributed by atoms with Gasteiger partial charge in [0, 0.05) is 19.4 Å². The maximum absolute atomic E-state index is 10.8. The Hall–Kier alpha value is -2.51. The van der Waals surface area contributed by atoms with Crippen molar-refractivity contribution in [3.8, 4) is 0 Å². The van der Waals surface area contributed by atoms with Crippen molar-refractivity contribution in [1.82, 2.24) is 19.5 Å². The third kappa shape index (κ3) is 2.19. The molecule has 8 heteroatoms. The summed E-state index contributed by atoms with van der Waals surface area (Å²) in [7, 11) is 1.80. The molecule has 2 aromatic heterocycles. The summed E-state index contributed by atoms with van der Waals surface area (Å²) in [5.41, 5.74) is 5.53. The number of aromatic nitrogens is 4. The number of rotatable bonds is 3. The number of aryl methyl sites for hydroxylation is 1. The molecule has 0 aliphatic rings. The topological polar surface area (TPSA) is 113 Å². The molecule has 2 N–H and O–H groups in total. The van der Waals surface area contributed by atoms with E-state index >= 15 is 0 Å². The maximum Gasteiger partial charge on any atom is 0.309 e. The fourth-order valence-electron chi connectivity index (χ4n) is 1.43. The van der Waals surface area contributed by atoms with Crippen molar-refractivity contribution in [1.29, 1.82) is 0 Å². The first-order valence-electron chi connectivity index (χ1n) is 4.80. The average Bonchev–Trinajstić information content (AvgIpc) is 2.64. The van der Waals surface area contributed by atoms with Gasteiger partial charge in [-0.1, -0.05) is 0 Å². The number of anilines is 1. The lowest BCUT2D eigenvalue weighted by Gasteiger charge is -2.03. The standard InChI is InChI=1S/C9H10N6O2/c1-14-3-2-11-8(14)4-6-7(15(16)17)5-12-9(10)13-6/h2-3,5H,4H2,1H3,(H2,10,12,13). The number of imidazole rings is 1. The Morgan fingerprint density at radius 2 is 2.29 bits per heavy atom. The molecule has 0 spiro atoms. The second-order valence-corrected chi connectivity index (χ2v) is 3.45. The van der Waals surface area contributed by atoms with Crippen LogP contribution in [0.2, 0.25) is 0 Å². The highest BCUT2D eigenvalue weighted by Gasteiger charge is 2.18. The Kier molecular flexibility index (Phi) is 2.69. The van der Waals surface area contributed by atoms with Crippen LogP contribution in [0.25, 0.3) is 0 Å². The number of nitrogens with two attached hydrogens (primary N) is 1. The molecule has 17 heavy (non-hydrogen) atoms. The van der Waals surface area contributed by atoms with Gasteiger partial charge in [-0.25, -0.2) is 15.0 Å². The minimum absolute atomic E-state index is 0.0137. The zero-order chi connectivity index (χ0) is 12.4. The van der Waals surface area contributed by atoms with Gasteiger partial charge in [0.2, 0.25) is 5.95 Å². The first kappa shape index (κ1) is 11.0. The smallest absolute Gasteiger partial charge is 0.309 e. The molecule has 0 radical (unpaired) electrons. The maximum atomic E-state index is 10.8. The van der Waals surface area contributed by atoms with E-state index in [9.17, 15) is 10.1 Å². The summed E-state index contributed by atoms with van der Waals surface area (Å²) in [6.45, 7) is 0. The fourth-order valence-corrected chi connectivity index (χ4v) is 1.43. The monoisotopic (exact) mass is 234 g/mol. The first-order chi connectivity index (χ1) is 8.08. The Labute approximate surface area is 96.3 Å². The molecule has 2 rings (SSSR count). The van der Waals surface area contributed by atoms with E-state index in [-0.39, 0.29) is 23.8 Å². The molecule has 0 saturated heterocycles. The summed E-state index contributed by atoms with van der Waals surface area (Å²) in [5, 5.41) is 10.8. The molecule has 0 aliphatic heterocycles. The largest absolute Gasteiger partial charge is 0.368 e. The zero-order valence-electron chi connectivity index (χ0n) is 9.07. The van der Waals surface area contributed by atoms with E-state index in [0.29, 0.717) is 5.82 Å². The van der Waals surface area contributed by atoms with Gasteiger partial charge in [0.25, 0.3) is 0 Å². The molecule has 2 heterocycles. The van der Waals surface area contributed by atoms with E-state index in [2.05, 4.69) is 15.0 Å². The molecule has 2 aromatic rings. The summed E-state index contributed by atoms with van der Waals surface area (Å²) in [5.74, 6) is 0.686. The Balaban J connectivity index is 2.41. The van der Waals surface area contributed by atoms with Crippen LogP contribution >= 0.6 is 0 Å². The van der Waals surface area contributed by atoms with Gasteiger partial charge in [0.15, 0.2) is 0 Å². The minimum Gasteiger partial charge on any atom is -0.368 e. The molecule has 0 fully saturated rings. The lowest BCUT2D eigenvalue weighted by molar-refractivity contribution is -0.386. The summed E-state index contributed by atoms with van der Waals surface area (Å²) in [6.07, 6.45) is 4.73. The van der Waals surface area contributed by atoms with Crippen LogP contribution in [0.15, 0.2) is 18.6 Å². The fraction of sp³-hybridized carbons (Fsp3) is 0.222. The SMILES string of the molecule is Cn1ccnc1Cc1nc(N)ncc1[N+](=O)[O-]. The Bertz CT molecular complexity index is 564. The van der Waals surface area contributed by atoms with Crippen LogP contribution in [0, 0.1) is 10.1 Å². The van der Waals surface area contributed by atoms with Crippen molar-refractivity contribution < 1.29 is 4.92 Å². The van der Waals surface area contributed by atoms with E-state index in [4.69, 9.17) is 5.73 Å². The predicted octanol–water partition coefficient (Wildman–Crippen LogP) is 0.291. The second kappa shape index (κ2) is 4.16. The Morgan fingerprint density at radius 1 is 1.53 bits per heavy atom. The lowest BCUT2D eigenvalue weighted by Crippen LogP contribution is -2.07. The van der Waals surface area contributed by atoms with Gasteiger partial charge in [0.05, 0.1) is 11.3 Å². The molecule has 0 aromatic carbocycles. The number of nitro groups is 1. The molecule has 0 amide bonds. The van der Waals surface area contributed by atoms with E-state index in [1.807, 2.05) is 0 Å². The molecule has 0 saturated carbocycles. The van der Waals surface area contributed by atoms with E-state index in [1.54, 1.807) is 24.0 Å². The van der Waals surface area contributed by atoms with Gasteiger partial charge in [-0.15, -0.1) is 0 Å². The van der Waals surface area contributed by atoms with Crippen LogP contribution < -0.4 is 5.73 Å². The summed E-state index contributed by atoms with van der Waals surface area (Å²) < 4.78 is 1.77. The predicted molar refractivity (Wildman–Crippen MR) is 59.1 cm³/mol. The average molecular weight is 234 g/mol. The van der Waals surface area contributed by atoms with Crippen LogP contribution in [0.5, 0.6) is 0 Å². The quantitative estimate of drug-likeness (QED) is 0.603. The third-order valence-corrected chi connectivity index (χ3v) is 2.31. The van der Waals surface area contributed by atoms with E-state index in [1.165, 1.54) is 0 Å². The molecular weight excluding hydrogens is 224 g/mol. The number of nitrogens with zero attached hydrogens (tertiary/aromatic N) is 5. The van der Waals surface area contributed by atoms with Crippen LogP contribution in [0.4, 0.5) is 11.6 Å². The molecular formula is C9H10N6O2. The minimum atomic E-state index is -0.530. The highest BCUT2D eigenvalue weighted by Crippen LogP contribution is 2.18. The highest BCUT2D eigenvalue weighted by atomic mass is 16.6. The van der Waals surface area contributed by atoms with Crippen molar-refractivity contribution in [2.24, 2.45) is 7.05 Å². The van der Waals surface area contributed by atoms with Gasteiger partial charge in [0.1, 0.15) is 17.7 Å². The number of nitrogen functional groups attached to an aromatic ring is 1. The third-order valence-electron chi connectivity index (χ3n) is 2.31. The Morgan fingerprint density at radius 3 is 2.88 bits per heavy atom. The van der Waals surface area contributed by atoms with Gasteiger partial charge in [-0.05, 0) is 0 Å². The van der Waals surface area contributed by atoms with Crippen molar-refractivity contribution in [3.63, 3.8) is 0 Å². The molecule has 0 aliphatic carbocycles. The molecule has 0 bridgehead atoms. The van der Waals surface area contributed by atoms with Crippen LogP contribution in [-0.4, -0.2) is 24.4 Å². The highest BCUT2D eigenvalue weighted by molar-refractivity contribution is 5.38. The normalized spacial score (nSPS) is 10.4. The zero-order valence-corrected chi connectivity index (χ0v) is 9.07. The summed E-state index contributed by atoms with van der Waals surface area (Å²) in [4.78, 5) is 21.8. The molecule has 0 atom stereocenters. The molecule has 88 valence electrons. The van der Waals surface area contributed by atoms with Crippen LogP contribution in [0.3, 0.4) is 0 Å². The van der Waals surface area contributed by atoms with E-state index in [0.717, 1.165) is 6.20 Å².